The normalized spacial score (nSPS) is 23.6. The molecule has 5 heteroatoms. The van der Waals surface area contributed by atoms with Gasteiger partial charge in [0, 0.05) is 12.8 Å². The lowest BCUT2D eigenvalue weighted by Gasteiger charge is -2.30. The first-order valence-corrected chi connectivity index (χ1v) is 8.03. The maximum atomic E-state index is 12.2. The van der Waals surface area contributed by atoms with Crippen molar-refractivity contribution in [3.63, 3.8) is 0 Å². The van der Waals surface area contributed by atoms with Gasteiger partial charge in [0.2, 0.25) is 0 Å². The summed E-state index contributed by atoms with van der Waals surface area (Å²) in [6, 6.07) is 6.28. The number of halogens is 1. The number of anilines is 1. The summed E-state index contributed by atoms with van der Waals surface area (Å²) in [5, 5.41) is 3.52. The lowest BCUT2D eigenvalue weighted by atomic mass is 10.0. The second-order valence-corrected chi connectivity index (χ2v) is 6.69. The summed E-state index contributed by atoms with van der Waals surface area (Å²) in [6.45, 7) is 4.88. The van der Waals surface area contributed by atoms with Crippen molar-refractivity contribution < 1.29 is 14.6 Å². The third-order valence-electron chi connectivity index (χ3n) is 4.37. The first-order valence-electron chi connectivity index (χ1n) is 7.65. The molecule has 1 saturated heterocycles. The minimum absolute atomic E-state index is 0.0320. The SMILES string of the molecule is Cc1ccc(NC(=O)C[NH+](C)C2CC[NH+](C)CC2)c(Cl)c1. The van der Waals surface area contributed by atoms with Gasteiger partial charge in [0.1, 0.15) is 0 Å². The third kappa shape index (κ3) is 4.70. The molecule has 1 aromatic carbocycles. The summed E-state index contributed by atoms with van der Waals surface area (Å²) >= 11 is 6.15. The fraction of sp³-hybridized carbons (Fsp3) is 0.562. The van der Waals surface area contributed by atoms with Crippen molar-refractivity contribution in [3.8, 4) is 0 Å². The van der Waals surface area contributed by atoms with Gasteiger partial charge >= 0.3 is 0 Å². The van der Waals surface area contributed by atoms with Gasteiger partial charge in [-0.2, -0.15) is 0 Å². The number of hydrogen-bond donors (Lipinski definition) is 3. The number of aryl methyl sites for hydroxylation is 1. The number of likely N-dealkylation sites (tertiary alicyclic amines) is 1. The summed E-state index contributed by atoms with van der Waals surface area (Å²) in [4.78, 5) is 15.1. The molecule has 0 aliphatic carbocycles. The Balaban J connectivity index is 1.86. The van der Waals surface area contributed by atoms with Crippen LogP contribution < -0.4 is 15.1 Å². The molecule has 1 aliphatic rings. The van der Waals surface area contributed by atoms with Crippen LogP contribution in [-0.2, 0) is 4.79 Å². The molecule has 1 heterocycles. The molecule has 2 rings (SSSR count). The Morgan fingerprint density at radius 1 is 1.43 bits per heavy atom. The lowest BCUT2D eigenvalue weighted by Crippen LogP contribution is -3.18. The first-order chi connectivity index (χ1) is 9.95. The Hall–Kier alpha value is -1.10. The number of rotatable bonds is 4. The molecule has 116 valence electrons. The smallest absolute Gasteiger partial charge is 0.279 e. The quantitative estimate of drug-likeness (QED) is 0.707. The van der Waals surface area contributed by atoms with E-state index in [1.54, 1.807) is 4.90 Å². The van der Waals surface area contributed by atoms with Gasteiger partial charge in [-0.05, 0) is 24.6 Å². The van der Waals surface area contributed by atoms with Crippen molar-refractivity contribution in [2.24, 2.45) is 0 Å². The van der Waals surface area contributed by atoms with Gasteiger partial charge in [-0.3, -0.25) is 4.79 Å². The van der Waals surface area contributed by atoms with Crippen molar-refractivity contribution in [1.29, 1.82) is 0 Å². The Bertz CT molecular complexity index is 498. The Morgan fingerprint density at radius 3 is 2.71 bits per heavy atom. The lowest BCUT2D eigenvalue weighted by molar-refractivity contribution is -0.935. The molecular weight excluding hydrogens is 286 g/mol. The fourth-order valence-electron chi connectivity index (χ4n) is 2.92. The molecule has 1 atom stereocenters. The molecule has 1 aliphatic heterocycles. The number of amides is 1. The predicted molar refractivity (Wildman–Crippen MR) is 86.2 cm³/mol. The molecule has 0 saturated carbocycles. The van der Waals surface area contributed by atoms with Crippen LogP contribution in [0.2, 0.25) is 5.02 Å². The second-order valence-electron chi connectivity index (χ2n) is 6.29. The number of nitrogens with one attached hydrogen (secondary N) is 3. The monoisotopic (exact) mass is 311 g/mol. The average Bonchev–Trinajstić information content (AvgIpc) is 2.42. The summed E-state index contributed by atoms with van der Waals surface area (Å²) in [5.74, 6) is 0.0320. The maximum absolute atomic E-state index is 12.2. The first kappa shape index (κ1) is 16.3. The zero-order valence-corrected chi connectivity index (χ0v) is 13.9. The minimum atomic E-state index is 0.0320. The average molecular weight is 312 g/mol. The van der Waals surface area contributed by atoms with Crippen LogP contribution in [0.4, 0.5) is 5.69 Å². The van der Waals surface area contributed by atoms with Crippen LogP contribution in [0.1, 0.15) is 18.4 Å². The van der Waals surface area contributed by atoms with Crippen molar-refractivity contribution in [3.05, 3.63) is 28.8 Å². The fourth-order valence-corrected chi connectivity index (χ4v) is 3.20. The molecule has 0 radical (unpaired) electrons. The van der Waals surface area contributed by atoms with Gasteiger partial charge in [-0.25, -0.2) is 0 Å². The summed E-state index contributed by atoms with van der Waals surface area (Å²) < 4.78 is 0. The Morgan fingerprint density at radius 2 is 2.10 bits per heavy atom. The van der Waals surface area contributed by atoms with Crippen molar-refractivity contribution in [1.82, 2.24) is 0 Å². The number of carbonyl (C=O) groups excluding carboxylic acids is 1. The highest BCUT2D eigenvalue weighted by atomic mass is 35.5. The van der Waals surface area contributed by atoms with Crippen LogP contribution in [0.15, 0.2) is 18.2 Å². The third-order valence-corrected chi connectivity index (χ3v) is 4.69. The largest absolute Gasteiger partial charge is 0.337 e. The highest BCUT2D eigenvalue weighted by Crippen LogP contribution is 2.22. The van der Waals surface area contributed by atoms with Gasteiger partial charge in [0.05, 0.1) is 43.9 Å². The molecule has 21 heavy (non-hydrogen) atoms. The van der Waals surface area contributed by atoms with E-state index in [-0.39, 0.29) is 5.91 Å². The molecule has 3 N–H and O–H groups in total. The van der Waals surface area contributed by atoms with E-state index in [1.165, 1.54) is 30.8 Å². The maximum Gasteiger partial charge on any atom is 0.279 e. The molecule has 1 amide bonds. The van der Waals surface area contributed by atoms with Crippen molar-refractivity contribution in [2.45, 2.75) is 25.8 Å². The zero-order chi connectivity index (χ0) is 15.4. The Labute approximate surface area is 132 Å². The Kier molecular flexibility index (Phi) is 5.62. The van der Waals surface area contributed by atoms with Crippen LogP contribution in [0.3, 0.4) is 0 Å². The molecule has 1 unspecified atom stereocenters. The number of benzene rings is 1. The van der Waals surface area contributed by atoms with E-state index in [9.17, 15) is 4.79 Å². The van der Waals surface area contributed by atoms with Gasteiger partial charge in [0.25, 0.3) is 5.91 Å². The summed E-state index contributed by atoms with van der Waals surface area (Å²) in [6.07, 6.45) is 2.38. The predicted octanol–water partition coefficient (Wildman–Crippen LogP) is -0.221. The number of likely N-dealkylation sites (N-methyl/N-ethyl adjacent to an activating group) is 1. The van der Waals surface area contributed by atoms with Gasteiger partial charge < -0.3 is 15.1 Å². The molecular formula is C16H26ClN3O+2. The van der Waals surface area contributed by atoms with E-state index in [2.05, 4.69) is 19.4 Å². The number of hydrogen-bond acceptors (Lipinski definition) is 1. The van der Waals surface area contributed by atoms with Crippen molar-refractivity contribution >= 4 is 23.2 Å². The standard InChI is InChI=1S/C16H24ClN3O/c1-12-4-5-15(14(17)10-12)18-16(21)11-20(3)13-6-8-19(2)9-7-13/h4-5,10,13H,6-9,11H2,1-3H3,(H,18,21)/p+2. The molecule has 0 aromatic heterocycles. The van der Waals surface area contributed by atoms with E-state index in [4.69, 9.17) is 11.6 Å². The minimum Gasteiger partial charge on any atom is -0.337 e. The van der Waals surface area contributed by atoms with Crippen LogP contribution in [0.5, 0.6) is 0 Å². The van der Waals surface area contributed by atoms with E-state index in [0.29, 0.717) is 23.3 Å². The van der Waals surface area contributed by atoms with E-state index in [1.807, 2.05) is 25.1 Å². The molecule has 1 fully saturated rings. The zero-order valence-electron chi connectivity index (χ0n) is 13.1. The highest BCUT2D eigenvalue weighted by Gasteiger charge is 2.27. The number of piperidine rings is 1. The number of carbonyl (C=O) groups is 1. The van der Waals surface area contributed by atoms with E-state index >= 15 is 0 Å². The molecule has 4 nitrogen and oxygen atoms in total. The molecule has 0 spiro atoms. The van der Waals surface area contributed by atoms with Gasteiger partial charge in [-0.1, -0.05) is 17.7 Å². The van der Waals surface area contributed by atoms with Gasteiger partial charge in [0.15, 0.2) is 6.54 Å². The molecule has 1 aromatic rings. The second kappa shape index (κ2) is 7.25. The van der Waals surface area contributed by atoms with Crippen LogP contribution in [0, 0.1) is 6.92 Å². The highest BCUT2D eigenvalue weighted by molar-refractivity contribution is 6.33. The van der Waals surface area contributed by atoms with Crippen LogP contribution in [-0.4, -0.2) is 45.7 Å². The van der Waals surface area contributed by atoms with E-state index in [0.717, 1.165) is 5.56 Å². The molecule has 0 bridgehead atoms. The van der Waals surface area contributed by atoms with Gasteiger partial charge in [-0.15, -0.1) is 0 Å². The van der Waals surface area contributed by atoms with Crippen LogP contribution >= 0.6 is 11.6 Å². The number of quaternary nitrogens is 2. The van der Waals surface area contributed by atoms with Crippen LogP contribution in [0.25, 0.3) is 0 Å². The summed E-state index contributed by atoms with van der Waals surface area (Å²) in [5.41, 5.74) is 1.79. The van der Waals surface area contributed by atoms with Crippen molar-refractivity contribution in [2.75, 3.05) is 39.0 Å². The topological polar surface area (TPSA) is 38.0 Å². The summed E-state index contributed by atoms with van der Waals surface area (Å²) in [7, 11) is 4.35. The van der Waals surface area contributed by atoms with E-state index < -0.39 is 0 Å².